The van der Waals surface area contributed by atoms with Gasteiger partial charge in [0.15, 0.2) is 0 Å². The summed E-state index contributed by atoms with van der Waals surface area (Å²) in [5, 5.41) is 3.36. The Bertz CT molecular complexity index is 105. The molecule has 46 valence electrons. The molecule has 1 heterocycles. The predicted molar refractivity (Wildman–Crippen MR) is 35.6 cm³/mol. The molecule has 0 aromatic rings. The average molecular weight is 111 g/mol. The molecule has 1 rings (SSSR count). The van der Waals surface area contributed by atoms with E-state index in [0.29, 0.717) is 6.04 Å². The van der Waals surface area contributed by atoms with Gasteiger partial charge in [-0.1, -0.05) is 13.0 Å². The summed E-state index contributed by atoms with van der Waals surface area (Å²) >= 11 is 0. The van der Waals surface area contributed by atoms with Gasteiger partial charge in [-0.2, -0.15) is 0 Å². The number of hydrogen-bond donors (Lipinski definition) is 1. The first-order valence-corrected chi connectivity index (χ1v) is 3.28. The van der Waals surface area contributed by atoms with E-state index < -0.39 is 0 Å². The van der Waals surface area contributed by atoms with Crippen molar-refractivity contribution in [2.75, 3.05) is 0 Å². The summed E-state index contributed by atoms with van der Waals surface area (Å²) in [6.45, 7) is 4.38. The molecular weight excluding hydrogens is 98.1 g/mol. The molecule has 0 spiro atoms. The second-order valence-electron chi connectivity index (χ2n) is 2.36. The van der Waals surface area contributed by atoms with Crippen LogP contribution >= 0.6 is 0 Å². The van der Waals surface area contributed by atoms with Crippen molar-refractivity contribution in [3.05, 3.63) is 11.8 Å². The summed E-state index contributed by atoms with van der Waals surface area (Å²) in [5.74, 6) is 0. The van der Waals surface area contributed by atoms with Crippen molar-refractivity contribution in [2.24, 2.45) is 0 Å². The van der Waals surface area contributed by atoms with Gasteiger partial charge in [-0.15, -0.1) is 0 Å². The highest BCUT2D eigenvalue weighted by Crippen LogP contribution is 2.09. The number of nitrogens with one attached hydrogen (secondary N) is 1. The number of allylic oxidation sites excluding steroid dienone is 1. The van der Waals surface area contributed by atoms with Crippen molar-refractivity contribution < 1.29 is 0 Å². The van der Waals surface area contributed by atoms with Crippen LogP contribution in [0.5, 0.6) is 0 Å². The fourth-order valence-corrected chi connectivity index (χ4v) is 1.000. The Balaban J connectivity index is 2.37. The van der Waals surface area contributed by atoms with Gasteiger partial charge in [0.25, 0.3) is 0 Å². The molecule has 0 bridgehead atoms. The van der Waals surface area contributed by atoms with Gasteiger partial charge < -0.3 is 5.32 Å². The van der Waals surface area contributed by atoms with Gasteiger partial charge in [-0.3, -0.25) is 0 Å². The molecule has 0 saturated heterocycles. The van der Waals surface area contributed by atoms with Crippen molar-refractivity contribution in [1.29, 1.82) is 0 Å². The summed E-state index contributed by atoms with van der Waals surface area (Å²) in [6.07, 6.45) is 4.65. The van der Waals surface area contributed by atoms with Crippen LogP contribution in [0.25, 0.3) is 0 Å². The lowest BCUT2D eigenvalue weighted by atomic mass is 10.3. The molecule has 0 saturated carbocycles. The fourth-order valence-electron chi connectivity index (χ4n) is 1.000. The standard InChI is InChI=1S/C7H13N/c1-3-7-5-4-6(2)8-7/h5-6,8H,3-4H2,1-2H3/t6-/m0/s1. The summed E-state index contributed by atoms with van der Waals surface area (Å²) < 4.78 is 0. The van der Waals surface area contributed by atoms with Crippen LogP contribution in [0.4, 0.5) is 0 Å². The van der Waals surface area contributed by atoms with Crippen LogP contribution in [-0.4, -0.2) is 6.04 Å². The summed E-state index contributed by atoms with van der Waals surface area (Å²) in [6, 6.07) is 0.685. The largest absolute Gasteiger partial charge is 0.386 e. The molecule has 0 fully saturated rings. The van der Waals surface area contributed by atoms with Gasteiger partial charge in [-0.25, -0.2) is 0 Å². The SMILES string of the molecule is CCC1=CC[C@H](C)N1. The molecule has 1 aliphatic rings. The molecule has 0 unspecified atom stereocenters. The minimum atomic E-state index is 0.685. The normalized spacial score (nSPS) is 27.2. The van der Waals surface area contributed by atoms with E-state index in [1.165, 1.54) is 12.1 Å². The third-order valence-corrected chi connectivity index (χ3v) is 1.53. The molecule has 1 N–H and O–H groups in total. The van der Waals surface area contributed by atoms with Crippen molar-refractivity contribution in [3.63, 3.8) is 0 Å². The van der Waals surface area contributed by atoms with Crippen LogP contribution in [0.1, 0.15) is 26.7 Å². The zero-order valence-corrected chi connectivity index (χ0v) is 5.57. The van der Waals surface area contributed by atoms with E-state index in [0.717, 1.165) is 6.42 Å². The monoisotopic (exact) mass is 111 g/mol. The van der Waals surface area contributed by atoms with Crippen LogP contribution in [0.2, 0.25) is 0 Å². The van der Waals surface area contributed by atoms with Gasteiger partial charge >= 0.3 is 0 Å². The van der Waals surface area contributed by atoms with E-state index in [-0.39, 0.29) is 0 Å². The quantitative estimate of drug-likeness (QED) is 0.542. The lowest BCUT2D eigenvalue weighted by molar-refractivity contribution is 0.659. The third kappa shape index (κ3) is 1.03. The molecular formula is C7H13N. The Labute approximate surface area is 50.8 Å². The van der Waals surface area contributed by atoms with E-state index in [9.17, 15) is 0 Å². The van der Waals surface area contributed by atoms with Crippen molar-refractivity contribution in [1.82, 2.24) is 5.32 Å². The molecule has 1 nitrogen and oxygen atoms in total. The maximum Gasteiger partial charge on any atom is 0.0265 e. The molecule has 0 radical (unpaired) electrons. The first kappa shape index (κ1) is 5.67. The predicted octanol–water partition coefficient (Wildman–Crippen LogP) is 1.66. The highest BCUT2D eigenvalue weighted by atomic mass is 14.9. The van der Waals surface area contributed by atoms with E-state index in [4.69, 9.17) is 0 Å². The van der Waals surface area contributed by atoms with Gasteiger partial charge in [-0.05, 0) is 19.8 Å². The molecule has 0 amide bonds. The van der Waals surface area contributed by atoms with Crippen molar-refractivity contribution in [2.45, 2.75) is 32.7 Å². The van der Waals surface area contributed by atoms with Gasteiger partial charge in [0.2, 0.25) is 0 Å². The molecule has 8 heavy (non-hydrogen) atoms. The second-order valence-corrected chi connectivity index (χ2v) is 2.36. The highest BCUT2D eigenvalue weighted by molar-refractivity contribution is 5.07. The summed E-state index contributed by atoms with van der Waals surface area (Å²) in [7, 11) is 0. The Morgan fingerprint density at radius 1 is 1.88 bits per heavy atom. The summed E-state index contributed by atoms with van der Waals surface area (Å²) in [4.78, 5) is 0. The average Bonchev–Trinajstić information content (AvgIpc) is 2.14. The maximum atomic E-state index is 3.36. The van der Waals surface area contributed by atoms with E-state index >= 15 is 0 Å². The Morgan fingerprint density at radius 3 is 2.88 bits per heavy atom. The minimum Gasteiger partial charge on any atom is -0.386 e. The minimum absolute atomic E-state index is 0.685. The highest BCUT2D eigenvalue weighted by Gasteiger charge is 2.07. The third-order valence-electron chi connectivity index (χ3n) is 1.53. The first-order valence-electron chi connectivity index (χ1n) is 3.28. The number of rotatable bonds is 1. The molecule has 1 heteroatoms. The van der Waals surface area contributed by atoms with E-state index in [1.807, 2.05) is 0 Å². The van der Waals surface area contributed by atoms with E-state index in [2.05, 4.69) is 25.2 Å². The first-order chi connectivity index (χ1) is 3.83. The lowest BCUT2D eigenvalue weighted by Crippen LogP contribution is -2.17. The van der Waals surface area contributed by atoms with Crippen molar-refractivity contribution in [3.8, 4) is 0 Å². The molecule has 0 aliphatic carbocycles. The van der Waals surface area contributed by atoms with Gasteiger partial charge in [0, 0.05) is 11.7 Å². The molecule has 0 aromatic heterocycles. The van der Waals surface area contributed by atoms with Gasteiger partial charge in [0.1, 0.15) is 0 Å². The second kappa shape index (κ2) is 2.21. The zero-order valence-electron chi connectivity index (χ0n) is 5.57. The van der Waals surface area contributed by atoms with Crippen LogP contribution in [0.15, 0.2) is 11.8 Å². The molecule has 1 aliphatic heterocycles. The van der Waals surface area contributed by atoms with Crippen LogP contribution in [0.3, 0.4) is 0 Å². The molecule has 1 atom stereocenters. The Morgan fingerprint density at radius 2 is 2.62 bits per heavy atom. The Hall–Kier alpha value is -0.460. The van der Waals surface area contributed by atoms with Gasteiger partial charge in [0.05, 0.1) is 0 Å². The molecule has 0 aromatic carbocycles. The maximum absolute atomic E-state index is 3.36. The fraction of sp³-hybridized carbons (Fsp3) is 0.714. The van der Waals surface area contributed by atoms with E-state index in [1.54, 1.807) is 0 Å². The zero-order chi connectivity index (χ0) is 5.98. The van der Waals surface area contributed by atoms with Crippen LogP contribution in [-0.2, 0) is 0 Å². The van der Waals surface area contributed by atoms with Crippen LogP contribution in [0, 0.1) is 0 Å². The topological polar surface area (TPSA) is 12.0 Å². The number of hydrogen-bond acceptors (Lipinski definition) is 1. The lowest BCUT2D eigenvalue weighted by Gasteiger charge is -2.04. The Kier molecular flexibility index (Phi) is 1.56. The van der Waals surface area contributed by atoms with Crippen molar-refractivity contribution >= 4 is 0 Å². The smallest absolute Gasteiger partial charge is 0.0265 e. The summed E-state index contributed by atoms with van der Waals surface area (Å²) in [5.41, 5.74) is 1.41. The van der Waals surface area contributed by atoms with Crippen LogP contribution < -0.4 is 5.32 Å².